The number of aromatic nitrogens is 14. The largest absolute Gasteiger partial charge is 0.480 e. The van der Waals surface area contributed by atoms with Crippen LogP contribution in [0.3, 0.4) is 0 Å². The molecule has 0 aliphatic heterocycles. The first-order chi connectivity index (χ1) is 51.8. The Bertz CT molecular complexity index is 6030. The Labute approximate surface area is 614 Å². The number of primary amides is 1. The summed E-state index contributed by atoms with van der Waals surface area (Å²) in [7, 11) is 1.53. The van der Waals surface area contributed by atoms with E-state index in [2.05, 4.69) is 86.8 Å². The Hall–Kier alpha value is -14.1. The highest BCUT2D eigenvalue weighted by Gasteiger charge is 2.31. The van der Waals surface area contributed by atoms with Crippen molar-refractivity contribution >= 4 is 67.1 Å². The van der Waals surface area contributed by atoms with Gasteiger partial charge in [-0.05, 0) is 161 Å². The highest BCUT2D eigenvalue weighted by atomic mass is 16.5. The van der Waals surface area contributed by atoms with Crippen LogP contribution in [0.5, 0.6) is 5.88 Å². The molecule has 15 rings (SSSR count). The lowest BCUT2D eigenvalue weighted by Crippen LogP contribution is -2.26. The van der Waals surface area contributed by atoms with Crippen molar-refractivity contribution in [3.05, 3.63) is 301 Å². The van der Waals surface area contributed by atoms with Gasteiger partial charge in [0, 0.05) is 94.6 Å². The number of nitrogens with zero attached hydrogens (tertiary/aromatic N) is 16. The van der Waals surface area contributed by atoms with Crippen molar-refractivity contribution in [1.82, 2.24) is 68.8 Å². The summed E-state index contributed by atoms with van der Waals surface area (Å²) >= 11 is 0. The van der Waals surface area contributed by atoms with E-state index in [0.29, 0.717) is 79.9 Å². The molecule has 530 valence electrons. The molecule has 0 radical (unpaired) electrons. The van der Waals surface area contributed by atoms with Crippen LogP contribution >= 0.6 is 0 Å². The predicted octanol–water partition coefficient (Wildman–Crippen LogP) is 14.9. The van der Waals surface area contributed by atoms with E-state index < -0.39 is 11.9 Å². The van der Waals surface area contributed by atoms with Crippen molar-refractivity contribution in [2.24, 2.45) is 5.73 Å². The highest BCUT2D eigenvalue weighted by Crippen LogP contribution is 2.40. The molecule has 1 aliphatic rings. The third-order valence-electron chi connectivity index (χ3n) is 18.2. The van der Waals surface area contributed by atoms with Crippen LogP contribution in [0.4, 0.5) is 28.8 Å². The Morgan fingerprint density at radius 2 is 0.944 bits per heavy atom. The first-order valence-electron chi connectivity index (χ1n) is 34.4. The summed E-state index contributed by atoms with van der Waals surface area (Å²) in [4.78, 5) is 99.9. The second-order valence-corrected chi connectivity index (χ2v) is 25.7. The average molecular weight is 1420 g/mol. The standard InChI is InChI=1S/C29H26N6O2.C28H23N7O2.C25H23N7O/c1-17-14-20(12-13-31-17)23-11-7-8-21-15-25(35(29(37)26(21)23)22-9-5-4-6-10-22)18(2)33-28-24(27(30)36)16-32-19(3)34-28;1-17(32-27-23(29-3)16-30-18(2)33-27)24-13-19-9-8-12-22(20-14-25(37-4)34-31-15-20)26(19)28(36)35(24)21-10-6-5-7-11-21;1-14(30-24-21(26-4)13-29-16(3)31-24)22-10-17-6-5-7-20(18-11-27-15(2)28-12-18)23(17)25(33)32(22)19-8-9-19/h4-16,18H,1-3H3,(H2,30,36)(H,32,33,34);5-17H,1-2,4H3,(H,30,32,33);5-7,10-14,19H,8-9H2,1-3H3,(H,29,30,31)/t18-;17-;14-/m000/s1. The van der Waals surface area contributed by atoms with Crippen molar-refractivity contribution in [3.63, 3.8) is 0 Å². The molecule has 9 aromatic heterocycles. The summed E-state index contributed by atoms with van der Waals surface area (Å²) in [6.45, 7) is 29.8. The van der Waals surface area contributed by atoms with Crippen LogP contribution in [-0.4, -0.2) is 81.8 Å². The summed E-state index contributed by atoms with van der Waals surface area (Å²) in [5.41, 5.74) is 15.6. The Morgan fingerprint density at radius 3 is 1.43 bits per heavy atom. The van der Waals surface area contributed by atoms with Crippen molar-refractivity contribution in [3.8, 4) is 50.6 Å². The van der Waals surface area contributed by atoms with Crippen LogP contribution < -0.4 is 43.1 Å². The zero-order chi connectivity index (χ0) is 75.2. The van der Waals surface area contributed by atoms with Crippen molar-refractivity contribution in [1.29, 1.82) is 0 Å². The quantitative estimate of drug-likeness (QED) is 0.0616. The minimum atomic E-state index is -0.633. The van der Waals surface area contributed by atoms with Crippen LogP contribution in [0.2, 0.25) is 0 Å². The maximum absolute atomic E-state index is 14.2. The number of fused-ring (bicyclic) bond motifs is 3. The highest BCUT2D eigenvalue weighted by molar-refractivity contribution is 6.00. The summed E-state index contributed by atoms with van der Waals surface area (Å²) in [5.74, 6) is 3.27. The Balaban J connectivity index is 0.000000142. The van der Waals surface area contributed by atoms with Crippen molar-refractivity contribution in [2.45, 2.75) is 92.4 Å². The molecule has 1 saturated carbocycles. The second-order valence-electron chi connectivity index (χ2n) is 25.7. The van der Waals surface area contributed by atoms with Gasteiger partial charge in [0.1, 0.15) is 40.8 Å². The maximum atomic E-state index is 14.2. The van der Waals surface area contributed by atoms with Crippen molar-refractivity contribution < 1.29 is 9.53 Å². The second kappa shape index (κ2) is 30.9. The molecule has 0 spiro atoms. The molecule has 14 aromatic rings. The zero-order valence-electron chi connectivity index (χ0n) is 60.0. The SMILES string of the molecule is Cc1cc(-c2cccc3cc([C@H](C)Nc4nc(C)ncc4C(N)=O)n(-c4ccccc4)c(=O)c23)ccn1.[C-]#[N+]c1cnc(C)nc1N[C@@H](C)c1cc2cccc(-c3cnc(C)nc3)c2c(=O)n1C1CC1.[C-]#[N+]c1cnc(C)nc1N[C@@H](C)c1cc2cccc(-c3cnnc(OC)c3)c2c(=O)n1-c1ccccc1. The minimum absolute atomic E-state index is 0.0147. The number of rotatable bonds is 17. The van der Waals surface area contributed by atoms with Crippen LogP contribution in [0.1, 0.15) is 114 Å². The number of methoxy groups -OCH3 is 1. The third kappa shape index (κ3) is 15.1. The molecule has 5 N–H and O–H groups in total. The van der Waals surface area contributed by atoms with Gasteiger partial charge < -0.3 is 31.0 Å². The molecular weight excluding hydrogens is 1350 g/mol. The van der Waals surface area contributed by atoms with E-state index >= 15 is 0 Å². The molecule has 25 heteroatoms. The third-order valence-corrected chi connectivity index (χ3v) is 18.2. The molecule has 107 heavy (non-hydrogen) atoms. The van der Waals surface area contributed by atoms with Crippen LogP contribution in [0, 0.1) is 47.8 Å². The molecule has 5 aromatic carbocycles. The normalized spacial score (nSPS) is 12.5. The van der Waals surface area contributed by atoms with E-state index in [1.54, 1.807) is 60.8 Å². The van der Waals surface area contributed by atoms with Crippen LogP contribution in [-0.2, 0) is 0 Å². The molecule has 1 fully saturated rings. The smallest absolute Gasteiger partial charge is 0.263 e. The van der Waals surface area contributed by atoms with E-state index in [1.165, 1.54) is 25.7 Å². The van der Waals surface area contributed by atoms with E-state index in [9.17, 15) is 19.2 Å². The van der Waals surface area contributed by atoms with E-state index in [-0.39, 0.29) is 40.4 Å². The average Bonchev–Trinajstić information content (AvgIpc) is 1.77. The number of amides is 1. The Morgan fingerprint density at radius 1 is 0.495 bits per heavy atom. The molecule has 3 atom stereocenters. The molecule has 9 heterocycles. The van der Waals surface area contributed by atoms with E-state index in [4.69, 9.17) is 23.6 Å². The van der Waals surface area contributed by atoms with Gasteiger partial charge >= 0.3 is 0 Å². The van der Waals surface area contributed by atoms with Gasteiger partial charge in [0.05, 0.1) is 66.3 Å². The number of hydrogen-bond acceptors (Lipinski definition) is 19. The van der Waals surface area contributed by atoms with Crippen LogP contribution in [0.15, 0.2) is 209 Å². The summed E-state index contributed by atoms with van der Waals surface area (Å²) < 4.78 is 10.6. The van der Waals surface area contributed by atoms with Gasteiger partial charge in [-0.2, -0.15) is 5.10 Å². The molecule has 0 saturated heterocycles. The maximum Gasteiger partial charge on any atom is 0.263 e. The summed E-state index contributed by atoms with van der Waals surface area (Å²) in [6.07, 6.45) is 13.3. The van der Waals surface area contributed by atoms with E-state index in [0.717, 1.165) is 90.8 Å². The molecule has 1 aliphatic carbocycles. The number of anilines is 3. The fourth-order valence-electron chi connectivity index (χ4n) is 13.0. The fraction of sp³-hybridized carbons (Fsp3) is 0.183. The minimum Gasteiger partial charge on any atom is -0.480 e. The summed E-state index contributed by atoms with van der Waals surface area (Å²) in [6, 6.07) is 47.2. The number of carbonyl (C=O) groups excluding carboxylic acids is 1. The van der Waals surface area contributed by atoms with Gasteiger partial charge in [-0.3, -0.25) is 43.3 Å². The number of ether oxygens (including phenoxy) is 1. The number of para-hydroxylation sites is 2. The lowest BCUT2D eigenvalue weighted by molar-refractivity contribution is 0.1000. The predicted molar refractivity (Wildman–Crippen MR) is 414 cm³/mol. The first kappa shape index (κ1) is 71.3. The molecule has 0 bridgehead atoms. The number of nitrogens with one attached hydrogen (secondary N) is 3. The van der Waals surface area contributed by atoms with Gasteiger partial charge in [0.15, 0.2) is 0 Å². The number of benzene rings is 5. The fourth-order valence-corrected chi connectivity index (χ4v) is 13.0. The van der Waals surface area contributed by atoms with Gasteiger partial charge in [-0.25, -0.2) is 39.6 Å². The van der Waals surface area contributed by atoms with Gasteiger partial charge in [-0.15, -0.1) is 5.10 Å². The molecule has 1 amide bonds. The zero-order valence-corrected chi connectivity index (χ0v) is 60.0. The number of nitrogens with two attached hydrogens (primary N) is 1. The Kier molecular flexibility index (Phi) is 20.6. The molecular formula is C82H72N20O5. The lowest BCUT2D eigenvalue weighted by Gasteiger charge is -2.22. The first-order valence-corrected chi connectivity index (χ1v) is 34.4. The van der Waals surface area contributed by atoms with Gasteiger partial charge in [-0.1, -0.05) is 91.0 Å². The number of carbonyl (C=O) groups is 1. The lowest BCUT2D eigenvalue weighted by atomic mass is 9.98. The van der Waals surface area contributed by atoms with Crippen molar-refractivity contribution in [2.75, 3.05) is 23.1 Å². The molecule has 25 nitrogen and oxygen atoms in total. The topological polar surface area (TPSA) is 305 Å². The van der Waals surface area contributed by atoms with Crippen LogP contribution in [0.25, 0.3) is 86.8 Å². The molecule has 0 unspecified atom stereocenters. The number of pyridine rings is 4. The summed E-state index contributed by atoms with van der Waals surface area (Å²) in [5, 5.41) is 22.2. The number of aryl methyl sites for hydroxylation is 5. The van der Waals surface area contributed by atoms with Gasteiger partial charge in [0.25, 0.3) is 22.6 Å². The van der Waals surface area contributed by atoms with Gasteiger partial charge in [0.2, 0.25) is 17.3 Å². The monoisotopic (exact) mass is 1420 g/mol. The van der Waals surface area contributed by atoms with E-state index in [1.807, 2.05) is 179 Å². The number of hydrogen-bond donors (Lipinski definition) is 4.